The number of nitrogens with one attached hydrogen (secondary N) is 1. The molecule has 2 heterocycles. The van der Waals surface area contributed by atoms with Crippen LogP contribution in [0.4, 0.5) is 4.79 Å². The van der Waals surface area contributed by atoms with Gasteiger partial charge in [0.05, 0.1) is 29.3 Å². The Kier molecular flexibility index (Phi) is 8.18. The highest BCUT2D eigenvalue weighted by atomic mass is 32.2. The Hall–Kier alpha value is -2.81. The van der Waals surface area contributed by atoms with Crippen LogP contribution in [0.5, 0.6) is 5.75 Å². The summed E-state index contributed by atoms with van der Waals surface area (Å²) in [5.41, 5.74) is 0.282. The third-order valence-corrected chi connectivity index (χ3v) is 7.92. The van der Waals surface area contributed by atoms with Crippen molar-refractivity contribution in [3.8, 4) is 17.6 Å². The lowest BCUT2D eigenvalue weighted by Gasteiger charge is -2.41. The molecule has 3 rings (SSSR count). The number of piperidine rings is 1. The third-order valence-electron chi connectivity index (χ3n) is 5.99. The van der Waals surface area contributed by atoms with E-state index in [1.807, 2.05) is 0 Å². The Bertz CT molecular complexity index is 1000. The molecule has 3 amide bonds. The van der Waals surface area contributed by atoms with Crippen LogP contribution in [0.15, 0.2) is 29.2 Å². The SMILES string of the molecule is CC#CCOc1ccc(S(=O)(=O)CC2(C(=O)NO)CCN(C(=O)N3CCOCC3)CC2)cc1. The highest BCUT2D eigenvalue weighted by molar-refractivity contribution is 7.91. The van der Waals surface area contributed by atoms with Gasteiger partial charge in [0.25, 0.3) is 5.91 Å². The Balaban J connectivity index is 1.70. The molecule has 0 aromatic heterocycles. The standard InChI is InChI=1S/C22H29N3O7S/c1-2-3-14-32-18-4-6-19(7-5-18)33(29,30)17-22(20(26)23-28)8-10-24(11-9-22)21(27)25-12-15-31-16-13-25/h4-7,28H,8-17H2,1H3,(H,23,26). The van der Waals surface area contributed by atoms with E-state index >= 15 is 0 Å². The number of hydroxylamine groups is 1. The molecule has 1 aromatic rings. The van der Waals surface area contributed by atoms with Crippen LogP contribution in [0.3, 0.4) is 0 Å². The Morgan fingerprint density at radius 1 is 1.12 bits per heavy atom. The average molecular weight is 480 g/mol. The van der Waals surface area contributed by atoms with Crippen molar-refractivity contribution in [3.05, 3.63) is 24.3 Å². The maximum absolute atomic E-state index is 13.1. The molecular weight excluding hydrogens is 450 g/mol. The van der Waals surface area contributed by atoms with E-state index in [0.717, 1.165) is 0 Å². The number of carbonyl (C=O) groups excluding carboxylic acids is 2. The van der Waals surface area contributed by atoms with E-state index in [1.165, 1.54) is 24.3 Å². The molecule has 2 fully saturated rings. The van der Waals surface area contributed by atoms with Gasteiger partial charge >= 0.3 is 6.03 Å². The monoisotopic (exact) mass is 479 g/mol. The van der Waals surface area contributed by atoms with Gasteiger partial charge in [-0.1, -0.05) is 5.92 Å². The molecule has 0 bridgehead atoms. The summed E-state index contributed by atoms with van der Waals surface area (Å²) in [6.45, 7) is 4.26. The van der Waals surface area contributed by atoms with Crippen molar-refractivity contribution in [2.45, 2.75) is 24.7 Å². The molecule has 1 aromatic carbocycles. The minimum absolute atomic E-state index is 0.0494. The summed E-state index contributed by atoms with van der Waals surface area (Å²) in [6.07, 6.45) is 0.233. The number of hydrogen-bond acceptors (Lipinski definition) is 7. The smallest absolute Gasteiger partial charge is 0.320 e. The van der Waals surface area contributed by atoms with Crippen LogP contribution >= 0.6 is 0 Å². The predicted octanol–water partition coefficient (Wildman–Crippen LogP) is 0.902. The second-order valence-corrected chi connectivity index (χ2v) is 10.0. The molecule has 2 N–H and O–H groups in total. The van der Waals surface area contributed by atoms with Gasteiger partial charge in [0.2, 0.25) is 0 Å². The van der Waals surface area contributed by atoms with E-state index in [0.29, 0.717) is 32.1 Å². The second kappa shape index (κ2) is 10.9. The summed E-state index contributed by atoms with van der Waals surface area (Å²) in [4.78, 5) is 28.7. The number of urea groups is 1. The Morgan fingerprint density at radius 3 is 2.30 bits per heavy atom. The van der Waals surface area contributed by atoms with Gasteiger partial charge in [-0.3, -0.25) is 10.0 Å². The number of amides is 3. The van der Waals surface area contributed by atoms with E-state index in [-0.39, 0.29) is 43.5 Å². The zero-order chi connectivity index (χ0) is 23.9. The molecule has 2 saturated heterocycles. The quantitative estimate of drug-likeness (QED) is 0.353. The molecule has 0 spiro atoms. The van der Waals surface area contributed by atoms with Crippen LogP contribution in [0, 0.1) is 17.3 Å². The highest BCUT2D eigenvalue weighted by Crippen LogP contribution is 2.36. The van der Waals surface area contributed by atoms with Crippen LogP contribution in [0.1, 0.15) is 19.8 Å². The minimum Gasteiger partial charge on any atom is -0.481 e. The predicted molar refractivity (Wildman–Crippen MR) is 118 cm³/mol. The van der Waals surface area contributed by atoms with E-state index in [4.69, 9.17) is 9.47 Å². The number of hydrogen-bond donors (Lipinski definition) is 2. The topological polar surface area (TPSA) is 125 Å². The molecule has 0 aliphatic carbocycles. The summed E-state index contributed by atoms with van der Waals surface area (Å²) in [5.74, 6) is 4.70. The first-order valence-electron chi connectivity index (χ1n) is 10.7. The summed E-state index contributed by atoms with van der Waals surface area (Å²) in [7, 11) is -3.86. The fraction of sp³-hybridized carbons (Fsp3) is 0.545. The number of nitrogens with zero attached hydrogens (tertiary/aromatic N) is 2. The van der Waals surface area contributed by atoms with Gasteiger partial charge in [0, 0.05) is 26.2 Å². The van der Waals surface area contributed by atoms with Crippen molar-refractivity contribution in [2.24, 2.45) is 5.41 Å². The van der Waals surface area contributed by atoms with E-state index in [2.05, 4.69) is 11.8 Å². The maximum Gasteiger partial charge on any atom is 0.320 e. The van der Waals surface area contributed by atoms with Crippen LogP contribution in [-0.2, 0) is 19.4 Å². The van der Waals surface area contributed by atoms with Crippen molar-refractivity contribution >= 4 is 21.8 Å². The van der Waals surface area contributed by atoms with Gasteiger partial charge in [-0.2, -0.15) is 0 Å². The van der Waals surface area contributed by atoms with Crippen molar-refractivity contribution in [1.82, 2.24) is 15.3 Å². The summed E-state index contributed by atoms with van der Waals surface area (Å²) in [5, 5.41) is 9.31. The van der Waals surface area contributed by atoms with Crippen molar-refractivity contribution < 1.29 is 32.7 Å². The van der Waals surface area contributed by atoms with Crippen LogP contribution in [0.25, 0.3) is 0 Å². The molecule has 180 valence electrons. The highest BCUT2D eigenvalue weighted by Gasteiger charge is 2.46. The maximum atomic E-state index is 13.1. The molecule has 0 radical (unpaired) electrons. The van der Waals surface area contributed by atoms with Gasteiger partial charge in [-0.05, 0) is 44.0 Å². The largest absolute Gasteiger partial charge is 0.481 e. The lowest BCUT2D eigenvalue weighted by atomic mass is 9.79. The number of rotatable bonds is 6. The third kappa shape index (κ3) is 5.96. The number of carbonyl (C=O) groups is 2. The van der Waals surface area contributed by atoms with E-state index in [9.17, 15) is 23.2 Å². The Morgan fingerprint density at radius 2 is 1.73 bits per heavy atom. The molecular formula is C22H29N3O7S. The number of sulfone groups is 1. The van der Waals surface area contributed by atoms with Crippen molar-refractivity contribution in [2.75, 3.05) is 51.8 Å². The molecule has 0 atom stereocenters. The first-order valence-corrected chi connectivity index (χ1v) is 12.4. The van der Waals surface area contributed by atoms with Gasteiger partial charge in [0.1, 0.15) is 12.4 Å². The summed E-state index contributed by atoms with van der Waals surface area (Å²) in [6, 6.07) is 5.76. The molecule has 0 unspecified atom stereocenters. The van der Waals surface area contributed by atoms with Crippen LogP contribution in [-0.4, -0.2) is 87.1 Å². The van der Waals surface area contributed by atoms with Gasteiger partial charge in [0.15, 0.2) is 9.84 Å². The normalized spacial score (nSPS) is 18.1. The van der Waals surface area contributed by atoms with Crippen molar-refractivity contribution in [1.29, 1.82) is 0 Å². The second-order valence-electron chi connectivity index (χ2n) is 8.04. The first-order chi connectivity index (χ1) is 15.8. The van der Waals surface area contributed by atoms with E-state index < -0.39 is 26.9 Å². The Labute approximate surface area is 193 Å². The van der Waals surface area contributed by atoms with Gasteiger partial charge in [-0.15, -0.1) is 5.92 Å². The lowest BCUT2D eigenvalue weighted by Crippen LogP contribution is -2.55. The number of likely N-dealkylation sites (tertiary alicyclic amines) is 1. The lowest BCUT2D eigenvalue weighted by molar-refractivity contribution is -0.141. The molecule has 2 aliphatic heterocycles. The molecule has 2 aliphatic rings. The first kappa shape index (κ1) is 24.8. The zero-order valence-corrected chi connectivity index (χ0v) is 19.4. The number of benzene rings is 1. The molecule has 33 heavy (non-hydrogen) atoms. The van der Waals surface area contributed by atoms with Crippen LogP contribution < -0.4 is 10.2 Å². The molecule has 10 nitrogen and oxygen atoms in total. The minimum atomic E-state index is -3.86. The molecule has 11 heteroatoms. The summed E-state index contributed by atoms with van der Waals surface area (Å²) >= 11 is 0. The number of morpholine rings is 1. The summed E-state index contributed by atoms with van der Waals surface area (Å²) < 4.78 is 36.9. The number of ether oxygens (including phenoxy) is 2. The average Bonchev–Trinajstić information content (AvgIpc) is 2.84. The fourth-order valence-corrected chi connectivity index (χ4v) is 5.88. The zero-order valence-electron chi connectivity index (χ0n) is 18.6. The van der Waals surface area contributed by atoms with Crippen LogP contribution in [0.2, 0.25) is 0 Å². The van der Waals surface area contributed by atoms with E-state index in [1.54, 1.807) is 22.2 Å². The van der Waals surface area contributed by atoms with Gasteiger partial charge in [-0.25, -0.2) is 18.7 Å². The van der Waals surface area contributed by atoms with Gasteiger partial charge < -0.3 is 19.3 Å². The van der Waals surface area contributed by atoms with Crippen molar-refractivity contribution in [3.63, 3.8) is 0 Å². The fourth-order valence-electron chi connectivity index (χ4n) is 4.02. The molecule has 0 saturated carbocycles.